The largest absolute Gasteiger partial charge is 0.360 e. The normalized spacial score (nSPS) is 14.4. The molecule has 2 amide bonds. The second kappa shape index (κ2) is 9.08. The van der Waals surface area contributed by atoms with E-state index in [9.17, 15) is 14.0 Å². The second-order valence-corrected chi connectivity index (χ2v) is 8.24. The Kier molecular flexibility index (Phi) is 6.23. The first kappa shape index (κ1) is 22.0. The van der Waals surface area contributed by atoms with Gasteiger partial charge in [-0.25, -0.2) is 9.37 Å². The quantitative estimate of drug-likeness (QED) is 0.618. The zero-order valence-electron chi connectivity index (χ0n) is 17.7. The number of piperidine rings is 1. The fraction of sp³-hybridized carbons (Fsp3) is 0.304. The lowest BCUT2D eigenvalue weighted by atomic mass is 9.95. The number of aromatic nitrogens is 2. The van der Waals surface area contributed by atoms with E-state index in [1.807, 2.05) is 13.0 Å². The van der Waals surface area contributed by atoms with Crippen molar-refractivity contribution in [3.05, 3.63) is 64.3 Å². The maximum atomic E-state index is 14.4. The number of nitrogens with one attached hydrogen (secondary N) is 1. The summed E-state index contributed by atoms with van der Waals surface area (Å²) < 4.78 is 19.6. The highest BCUT2D eigenvalue weighted by Gasteiger charge is 2.32. The van der Waals surface area contributed by atoms with Gasteiger partial charge in [-0.3, -0.25) is 9.59 Å². The number of anilines is 1. The Balaban J connectivity index is 1.46. The molecule has 0 radical (unpaired) electrons. The van der Waals surface area contributed by atoms with Crippen LogP contribution < -0.4 is 5.32 Å². The highest BCUT2D eigenvalue weighted by molar-refractivity contribution is 6.33. The van der Waals surface area contributed by atoms with Gasteiger partial charge in [-0.05, 0) is 50.5 Å². The molecule has 1 aliphatic rings. The van der Waals surface area contributed by atoms with Gasteiger partial charge in [0.1, 0.15) is 28.7 Å². The summed E-state index contributed by atoms with van der Waals surface area (Å²) in [6, 6.07) is 7.91. The molecule has 32 heavy (non-hydrogen) atoms. The van der Waals surface area contributed by atoms with Crippen LogP contribution in [0.5, 0.6) is 0 Å². The Labute approximate surface area is 189 Å². The van der Waals surface area contributed by atoms with Crippen molar-refractivity contribution >= 4 is 29.2 Å². The minimum atomic E-state index is -0.583. The lowest BCUT2D eigenvalue weighted by molar-refractivity contribution is -0.121. The molecule has 0 aliphatic carbocycles. The number of benzene rings is 1. The lowest BCUT2D eigenvalue weighted by Gasteiger charge is -2.31. The van der Waals surface area contributed by atoms with E-state index in [2.05, 4.69) is 15.5 Å². The SMILES string of the molecule is Cc1ccc(NC(=O)C2CCN(C(=O)c3c(-c4c(F)cccc4Cl)noc3C)CC2)nc1. The van der Waals surface area contributed by atoms with Gasteiger partial charge in [0.15, 0.2) is 0 Å². The van der Waals surface area contributed by atoms with E-state index < -0.39 is 5.82 Å². The molecule has 4 rings (SSSR count). The van der Waals surface area contributed by atoms with E-state index in [4.69, 9.17) is 16.1 Å². The number of halogens is 2. The molecule has 3 heterocycles. The van der Waals surface area contributed by atoms with Crippen LogP contribution in [-0.2, 0) is 4.79 Å². The van der Waals surface area contributed by atoms with Gasteiger partial charge in [-0.2, -0.15) is 0 Å². The summed E-state index contributed by atoms with van der Waals surface area (Å²) in [5, 5.41) is 6.88. The summed E-state index contributed by atoms with van der Waals surface area (Å²) in [5.41, 5.74) is 1.31. The Morgan fingerprint density at radius 3 is 2.59 bits per heavy atom. The summed E-state index contributed by atoms with van der Waals surface area (Å²) in [4.78, 5) is 31.7. The summed E-state index contributed by atoms with van der Waals surface area (Å²) >= 11 is 6.17. The van der Waals surface area contributed by atoms with Crippen molar-refractivity contribution in [1.82, 2.24) is 15.0 Å². The van der Waals surface area contributed by atoms with Crippen LogP contribution in [0.25, 0.3) is 11.3 Å². The van der Waals surface area contributed by atoms with Gasteiger partial charge >= 0.3 is 0 Å². The van der Waals surface area contributed by atoms with Gasteiger partial charge < -0.3 is 14.7 Å². The number of pyridine rings is 1. The molecule has 2 aromatic heterocycles. The zero-order valence-corrected chi connectivity index (χ0v) is 18.4. The number of hydrogen-bond donors (Lipinski definition) is 1. The van der Waals surface area contributed by atoms with E-state index in [1.165, 1.54) is 18.2 Å². The first-order valence-electron chi connectivity index (χ1n) is 10.3. The summed E-state index contributed by atoms with van der Waals surface area (Å²) in [5.74, 6) is -0.461. The third-order valence-electron chi connectivity index (χ3n) is 5.59. The molecular weight excluding hydrogens is 435 g/mol. The van der Waals surface area contributed by atoms with Crippen molar-refractivity contribution in [2.75, 3.05) is 18.4 Å². The maximum Gasteiger partial charge on any atom is 0.259 e. The number of hydrogen-bond acceptors (Lipinski definition) is 5. The van der Waals surface area contributed by atoms with Crippen molar-refractivity contribution in [2.24, 2.45) is 5.92 Å². The van der Waals surface area contributed by atoms with Crippen LogP contribution >= 0.6 is 11.6 Å². The fourth-order valence-corrected chi connectivity index (χ4v) is 4.04. The van der Waals surface area contributed by atoms with Gasteiger partial charge in [0.05, 0.1) is 10.6 Å². The average Bonchev–Trinajstić information content (AvgIpc) is 3.15. The molecule has 166 valence electrons. The van der Waals surface area contributed by atoms with Crippen LogP contribution in [-0.4, -0.2) is 39.9 Å². The van der Waals surface area contributed by atoms with Crippen LogP contribution in [0.2, 0.25) is 5.02 Å². The fourth-order valence-electron chi connectivity index (χ4n) is 3.79. The average molecular weight is 457 g/mol. The number of rotatable bonds is 4. The van der Waals surface area contributed by atoms with Gasteiger partial charge in [0, 0.05) is 25.2 Å². The first-order chi connectivity index (χ1) is 15.3. The molecule has 7 nitrogen and oxygen atoms in total. The standard InChI is InChI=1S/C23H22ClFN4O3/c1-13-6-7-18(26-12-13)27-22(30)15-8-10-29(11-9-15)23(31)19-14(2)32-28-21(19)20-16(24)4-3-5-17(20)25/h3-7,12,15H,8-11H2,1-2H3,(H,26,27,30). The zero-order chi connectivity index (χ0) is 22.8. The Hall–Kier alpha value is -3.26. The molecule has 0 saturated carbocycles. The van der Waals surface area contributed by atoms with E-state index >= 15 is 0 Å². The molecule has 0 atom stereocenters. The summed E-state index contributed by atoms with van der Waals surface area (Å²) in [7, 11) is 0. The monoisotopic (exact) mass is 456 g/mol. The van der Waals surface area contributed by atoms with Crippen molar-refractivity contribution in [2.45, 2.75) is 26.7 Å². The van der Waals surface area contributed by atoms with Gasteiger partial charge in [0.25, 0.3) is 5.91 Å². The molecule has 0 unspecified atom stereocenters. The van der Waals surface area contributed by atoms with Crippen LogP contribution in [0.4, 0.5) is 10.2 Å². The molecule has 1 saturated heterocycles. The molecule has 1 aliphatic heterocycles. The van der Waals surface area contributed by atoms with Crippen LogP contribution in [0.15, 0.2) is 41.1 Å². The van der Waals surface area contributed by atoms with Crippen LogP contribution in [0.1, 0.15) is 34.5 Å². The van der Waals surface area contributed by atoms with Crippen molar-refractivity contribution in [3.63, 3.8) is 0 Å². The lowest BCUT2D eigenvalue weighted by Crippen LogP contribution is -2.41. The highest BCUT2D eigenvalue weighted by Crippen LogP contribution is 2.34. The molecule has 1 N–H and O–H groups in total. The van der Waals surface area contributed by atoms with E-state index in [1.54, 1.807) is 24.1 Å². The van der Waals surface area contributed by atoms with Crippen molar-refractivity contribution in [1.29, 1.82) is 0 Å². The predicted molar refractivity (Wildman–Crippen MR) is 118 cm³/mol. The Morgan fingerprint density at radius 2 is 1.94 bits per heavy atom. The maximum absolute atomic E-state index is 14.4. The number of carbonyl (C=O) groups excluding carboxylic acids is 2. The number of amides is 2. The van der Waals surface area contributed by atoms with E-state index in [-0.39, 0.29) is 45.3 Å². The molecule has 0 spiro atoms. The number of likely N-dealkylation sites (tertiary alicyclic amines) is 1. The third kappa shape index (κ3) is 4.36. The minimum Gasteiger partial charge on any atom is -0.360 e. The third-order valence-corrected chi connectivity index (χ3v) is 5.91. The van der Waals surface area contributed by atoms with Crippen LogP contribution in [0.3, 0.4) is 0 Å². The van der Waals surface area contributed by atoms with E-state index in [0.29, 0.717) is 31.7 Å². The van der Waals surface area contributed by atoms with Crippen molar-refractivity contribution < 1.29 is 18.5 Å². The topological polar surface area (TPSA) is 88.3 Å². The highest BCUT2D eigenvalue weighted by atomic mass is 35.5. The van der Waals surface area contributed by atoms with Gasteiger partial charge in [-0.15, -0.1) is 0 Å². The van der Waals surface area contributed by atoms with Crippen LogP contribution in [0, 0.1) is 25.6 Å². The minimum absolute atomic E-state index is 0.0363. The van der Waals surface area contributed by atoms with Gasteiger partial charge in [0.2, 0.25) is 5.91 Å². The molecule has 1 fully saturated rings. The Bertz CT molecular complexity index is 1130. The predicted octanol–water partition coefficient (Wildman–Crippen LogP) is 4.64. The number of carbonyl (C=O) groups is 2. The Morgan fingerprint density at radius 1 is 1.19 bits per heavy atom. The molecular formula is C23H22ClFN4O3. The van der Waals surface area contributed by atoms with E-state index in [0.717, 1.165) is 5.56 Å². The molecule has 1 aromatic carbocycles. The van der Waals surface area contributed by atoms with Gasteiger partial charge in [-0.1, -0.05) is 28.9 Å². The first-order valence-corrected chi connectivity index (χ1v) is 10.7. The summed E-state index contributed by atoms with van der Waals surface area (Å²) in [6.07, 6.45) is 2.70. The number of nitrogens with zero attached hydrogens (tertiary/aromatic N) is 3. The summed E-state index contributed by atoms with van der Waals surface area (Å²) in [6.45, 7) is 4.29. The van der Waals surface area contributed by atoms with Crippen molar-refractivity contribution in [3.8, 4) is 11.3 Å². The molecule has 9 heteroatoms. The second-order valence-electron chi connectivity index (χ2n) is 7.84. The molecule has 3 aromatic rings. The number of aryl methyl sites for hydroxylation is 2. The molecule has 0 bridgehead atoms. The smallest absolute Gasteiger partial charge is 0.259 e.